The molecule has 26 heavy (non-hydrogen) atoms. The molecule has 0 saturated carbocycles. The molecule has 7 nitrogen and oxygen atoms in total. The minimum atomic E-state index is -0.306. The highest BCUT2D eigenvalue weighted by Gasteiger charge is 2.22. The molecule has 2 aromatic rings. The number of aliphatic hydroxyl groups is 1. The molecule has 1 unspecified atom stereocenters. The number of benzene rings is 1. The molecule has 0 spiro atoms. The van der Waals surface area contributed by atoms with Crippen molar-refractivity contribution >= 4 is 5.82 Å². The monoisotopic (exact) mass is 358 g/mol. The number of hydrogen-bond acceptors (Lipinski definition) is 5. The third-order valence-electron chi connectivity index (χ3n) is 5.17. The normalized spacial score (nSPS) is 16.7. The Labute approximate surface area is 152 Å². The lowest BCUT2D eigenvalue weighted by molar-refractivity contribution is 0.193. The SMILES string of the molecule is Cn1c(N2CCN(CC(CO)c3ccccc3)CC2)cc(=O)n(C)c1=O. The number of hydrogen-bond donors (Lipinski definition) is 1. The lowest BCUT2D eigenvalue weighted by Crippen LogP contribution is -2.50. The Morgan fingerprint density at radius 3 is 2.27 bits per heavy atom. The van der Waals surface area contributed by atoms with Crippen LogP contribution in [0.2, 0.25) is 0 Å². The maximum absolute atomic E-state index is 12.1. The summed E-state index contributed by atoms with van der Waals surface area (Å²) < 4.78 is 2.64. The number of aliphatic hydroxyl groups excluding tert-OH is 1. The number of anilines is 1. The van der Waals surface area contributed by atoms with Crippen molar-refractivity contribution in [1.29, 1.82) is 0 Å². The molecule has 1 fully saturated rings. The highest BCUT2D eigenvalue weighted by atomic mass is 16.3. The first-order valence-electron chi connectivity index (χ1n) is 8.91. The van der Waals surface area contributed by atoms with E-state index < -0.39 is 0 Å². The molecular weight excluding hydrogens is 332 g/mol. The molecule has 0 aliphatic carbocycles. The van der Waals surface area contributed by atoms with Gasteiger partial charge in [0, 0.05) is 58.8 Å². The summed E-state index contributed by atoms with van der Waals surface area (Å²) in [4.78, 5) is 28.5. The molecule has 1 atom stereocenters. The van der Waals surface area contributed by atoms with Gasteiger partial charge in [0.05, 0.1) is 6.61 Å². The Morgan fingerprint density at radius 2 is 1.65 bits per heavy atom. The first-order valence-corrected chi connectivity index (χ1v) is 8.91. The molecule has 3 rings (SSSR count). The summed E-state index contributed by atoms with van der Waals surface area (Å²) in [5.41, 5.74) is 0.556. The third kappa shape index (κ3) is 3.73. The molecule has 1 aliphatic rings. The Morgan fingerprint density at radius 1 is 1.00 bits per heavy atom. The fraction of sp³-hybridized carbons (Fsp3) is 0.474. The van der Waals surface area contributed by atoms with Gasteiger partial charge in [0.25, 0.3) is 5.56 Å². The number of aromatic nitrogens is 2. The second-order valence-electron chi connectivity index (χ2n) is 6.82. The van der Waals surface area contributed by atoms with Gasteiger partial charge in [-0.15, -0.1) is 0 Å². The maximum Gasteiger partial charge on any atom is 0.332 e. The van der Waals surface area contributed by atoms with Crippen LogP contribution in [-0.4, -0.2) is 58.5 Å². The average Bonchev–Trinajstić information content (AvgIpc) is 2.68. The predicted octanol–water partition coefficient (Wildman–Crippen LogP) is -0.0179. The van der Waals surface area contributed by atoms with Gasteiger partial charge in [0.15, 0.2) is 0 Å². The lowest BCUT2D eigenvalue weighted by atomic mass is 9.99. The van der Waals surface area contributed by atoms with Gasteiger partial charge in [0.1, 0.15) is 5.82 Å². The summed E-state index contributed by atoms with van der Waals surface area (Å²) >= 11 is 0. The van der Waals surface area contributed by atoms with Gasteiger partial charge in [-0.1, -0.05) is 30.3 Å². The van der Waals surface area contributed by atoms with Crippen molar-refractivity contribution in [1.82, 2.24) is 14.0 Å². The van der Waals surface area contributed by atoms with Gasteiger partial charge in [-0.05, 0) is 5.56 Å². The van der Waals surface area contributed by atoms with Crippen molar-refractivity contribution < 1.29 is 5.11 Å². The smallest absolute Gasteiger partial charge is 0.332 e. The van der Waals surface area contributed by atoms with Crippen molar-refractivity contribution in [2.75, 3.05) is 44.2 Å². The second kappa shape index (κ2) is 7.88. The standard InChI is InChI=1S/C19H26N4O3/c1-20-17(12-18(25)21(2)19(20)26)23-10-8-22(9-11-23)13-16(14-24)15-6-4-3-5-7-15/h3-7,12,16,24H,8-11,13-14H2,1-2H3. The molecule has 2 heterocycles. The van der Waals surface area contributed by atoms with Gasteiger partial charge in [-0.3, -0.25) is 18.8 Å². The topological polar surface area (TPSA) is 70.7 Å². The van der Waals surface area contributed by atoms with Crippen LogP contribution in [-0.2, 0) is 14.1 Å². The molecule has 140 valence electrons. The quantitative estimate of drug-likeness (QED) is 0.814. The fourth-order valence-corrected chi connectivity index (χ4v) is 3.49. The van der Waals surface area contributed by atoms with Crippen LogP contribution in [0.25, 0.3) is 0 Å². The molecule has 0 radical (unpaired) electrons. The summed E-state index contributed by atoms with van der Waals surface area (Å²) in [7, 11) is 3.19. The third-order valence-corrected chi connectivity index (χ3v) is 5.17. The lowest BCUT2D eigenvalue weighted by Gasteiger charge is -2.37. The van der Waals surface area contributed by atoms with E-state index in [1.807, 2.05) is 30.3 Å². The zero-order valence-electron chi connectivity index (χ0n) is 15.3. The van der Waals surface area contributed by atoms with Crippen LogP contribution in [0.3, 0.4) is 0 Å². The molecule has 7 heteroatoms. The maximum atomic E-state index is 12.1. The van der Waals surface area contributed by atoms with Crippen LogP contribution in [0.5, 0.6) is 0 Å². The highest BCUT2D eigenvalue weighted by Crippen LogP contribution is 2.19. The van der Waals surface area contributed by atoms with Crippen molar-refractivity contribution in [3.8, 4) is 0 Å². The summed E-state index contributed by atoms with van der Waals surface area (Å²) in [5, 5.41) is 9.75. The zero-order valence-corrected chi connectivity index (χ0v) is 15.3. The summed E-state index contributed by atoms with van der Waals surface area (Å²) in [6.45, 7) is 4.05. The van der Waals surface area contributed by atoms with Crippen LogP contribution in [0.4, 0.5) is 5.82 Å². The van der Waals surface area contributed by atoms with Crippen molar-refractivity contribution in [3.05, 3.63) is 62.8 Å². The van der Waals surface area contributed by atoms with E-state index in [2.05, 4.69) is 9.80 Å². The van der Waals surface area contributed by atoms with Gasteiger partial charge in [0.2, 0.25) is 0 Å². The summed E-state index contributed by atoms with van der Waals surface area (Å²) in [5.74, 6) is 0.760. The zero-order chi connectivity index (χ0) is 18.7. The highest BCUT2D eigenvalue weighted by molar-refractivity contribution is 5.39. The Kier molecular flexibility index (Phi) is 5.58. The van der Waals surface area contributed by atoms with E-state index >= 15 is 0 Å². The Hall–Kier alpha value is -2.38. The van der Waals surface area contributed by atoms with E-state index in [9.17, 15) is 14.7 Å². The van der Waals surface area contributed by atoms with E-state index in [4.69, 9.17) is 0 Å². The molecule has 0 bridgehead atoms. The first-order chi connectivity index (χ1) is 12.5. The predicted molar refractivity (Wildman–Crippen MR) is 102 cm³/mol. The molecule has 1 saturated heterocycles. The first kappa shape index (κ1) is 18.4. The van der Waals surface area contributed by atoms with E-state index in [-0.39, 0.29) is 23.8 Å². The van der Waals surface area contributed by atoms with Gasteiger partial charge >= 0.3 is 5.69 Å². The minimum absolute atomic E-state index is 0.0936. The largest absolute Gasteiger partial charge is 0.396 e. The van der Waals surface area contributed by atoms with Crippen LogP contribution >= 0.6 is 0 Å². The van der Waals surface area contributed by atoms with Gasteiger partial charge in [-0.25, -0.2) is 4.79 Å². The summed E-state index contributed by atoms with van der Waals surface area (Å²) in [6, 6.07) is 11.6. The number of nitrogens with zero attached hydrogens (tertiary/aromatic N) is 4. The van der Waals surface area contributed by atoms with Gasteiger partial charge in [-0.2, -0.15) is 0 Å². The Balaban J connectivity index is 1.66. The average molecular weight is 358 g/mol. The Bertz CT molecular complexity index is 851. The second-order valence-corrected chi connectivity index (χ2v) is 6.82. The van der Waals surface area contributed by atoms with E-state index in [0.717, 1.165) is 42.9 Å². The molecular formula is C19H26N4O3. The van der Waals surface area contributed by atoms with E-state index in [0.29, 0.717) is 5.82 Å². The molecule has 0 amide bonds. The van der Waals surface area contributed by atoms with Crippen molar-refractivity contribution in [3.63, 3.8) is 0 Å². The van der Waals surface area contributed by atoms with Crippen LogP contribution in [0.1, 0.15) is 11.5 Å². The molecule has 1 N–H and O–H groups in total. The fourth-order valence-electron chi connectivity index (χ4n) is 3.49. The summed E-state index contributed by atoms with van der Waals surface area (Å²) in [6.07, 6.45) is 0. The van der Waals surface area contributed by atoms with Crippen LogP contribution in [0.15, 0.2) is 46.0 Å². The number of rotatable bonds is 5. The molecule has 1 aromatic carbocycles. The van der Waals surface area contributed by atoms with Crippen LogP contribution in [0, 0.1) is 0 Å². The van der Waals surface area contributed by atoms with Crippen LogP contribution < -0.4 is 16.1 Å². The van der Waals surface area contributed by atoms with E-state index in [1.54, 1.807) is 7.05 Å². The molecule has 1 aliphatic heterocycles. The van der Waals surface area contributed by atoms with Gasteiger partial charge < -0.3 is 10.0 Å². The van der Waals surface area contributed by atoms with Crippen molar-refractivity contribution in [2.45, 2.75) is 5.92 Å². The molecule has 1 aromatic heterocycles. The minimum Gasteiger partial charge on any atom is -0.396 e. The van der Waals surface area contributed by atoms with E-state index in [1.165, 1.54) is 17.7 Å². The number of piperazine rings is 1. The van der Waals surface area contributed by atoms with Crippen molar-refractivity contribution in [2.24, 2.45) is 14.1 Å².